The summed E-state index contributed by atoms with van der Waals surface area (Å²) < 4.78 is 2.39. The van der Waals surface area contributed by atoms with E-state index in [2.05, 4.69) is 16.7 Å². The second kappa shape index (κ2) is 5.55. The first-order chi connectivity index (χ1) is 9.34. The van der Waals surface area contributed by atoms with Crippen LogP contribution in [0.5, 0.6) is 0 Å². The molecule has 3 rings (SSSR count). The first kappa shape index (κ1) is 12.4. The largest absolute Gasteiger partial charge is 0.309 e. The van der Waals surface area contributed by atoms with Crippen molar-refractivity contribution in [2.24, 2.45) is 0 Å². The molecule has 0 spiro atoms. The summed E-state index contributed by atoms with van der Waals surface area (Å²) >= 11 is 0. The number of hydrogen-bond acceptors (Lipinski definition) is 1. The fraction of sp³-hybridized carbons (Fsp3) is 0.500. The average Bonchev–Trinajstić information content (AvgIpc) is 2.94. The number of carbonyl (C=O) groups is 1. The molecule has 19 heavy (non-hydrogen) atoms. The molecule has 0 unspecified atom stereocenters. The van der Waals surface area contributed by atoms with Gasteiger partial charge < -0.3 is 0 Å². The molecule has 1 aromatic carbocycles. The normalized spacial score (nSPS) is 18.6. The third-order valence-electron chi connectivity index (χ3n) is 4.09. The van der Waals surface area contributed by atoms with Crippen molar-refractivity contribution in [2.45, 2.75) is 32.1 Å². The zero-order chi connectivity index (χ0) is 13.1. The zero-order valence-corrected chi connectivity index (χ0v) is 11.3. The van der Waals surface area contributed by atoms with E-state index in [0.29, 0.717) is 12.3 Å². The highest BCUT2D eigenvalue weighted by atomic mass is 16.2. The molecule has 0 aromatic heterocycles. The molecule has 0 atom stereocenters. The van der Waals surface area contributed by atoms with Gasteiger partial charge in [-0.25, -0.2) is 9.69 Å². The maximum absolute atomic E-state index is 12.4. The Bertz CT molecular complexity index is 493. The van der Waals surface area contributed by atoms with Crippen LogP contribution in [0.1, 0.15) is 31.2 Å². The molecule has 3 nitrogen and oxygen atoms in total. The van der Waals surface area contributed by atoms with Gasteiger partial charge in [0.2, 0.25) is 0 Å². The van der Waals surface area contributed by atoms with Crippen molar-refractivity contribution in [3.05, 3.63) is 35.9 Å². The molecule has 0 N–H and O–H groups in total. The Morgan fingerprint density at radius 3 is 2.79 bits per heavy atom. The summed E-state index contributed by atoms with van der Waals surface area (Å²) in [6.45, 7) is 3.19. The van der Waals surface area contributed by atoms with E-state index >= 15 is 0 Å². The number of amidine groups is 1. The van der Waals surface area contributed by atoms with Crippen LogP contribution < -0.4 is 0 Å². The predicted molar refractivity (Wildman–Crippen MR) is 75.3 cm³/mol. The SMILES string of the molecule is O=C(CCc1ccccc1)N1CCC[N+]2=C1CCC2. The van der Waals surface area contributed by atoms with Gasteiger partial charge in [0, 0.05) is 6.42 Å². The first-order valence-corrected chi connectivity index (χ1v) is 7.29. The molecule has 0 saturated heterocycles. The Balaban J connectivity index is 1.63. The quantitative estimate of drug-likeness (QED) is 0.760. The highest BCUT2D eigenvalue weighted by Crippen LogP contribution is 2.16. The highest BCUT2D eigenvalue weighted by Gasteiger charge is 2.35. The summed E-state index contributed by atoms with van der Waals surface area (Å²) in [4.78, 5) is 14.4. The molecule has 0 fully saturated rings. The molecule has 0 bridgehead atoms. The monoisotopic (exact) mass is 257 g/mol. The Morgan fingerprint density at radius 1 is 1.16 bits per heavy atom. The molecule has 0 aliphatic carbocycles. The summed E-state index contributed by atoms with van der Waals surface area (Å²) in [6, 6.07) is 10.3. The topological polar surface area (TPSA) is 23.3 Å². The van der Waals surface area contributed by atoms with Gasteiger partial charge in [0.15, 0.2) is 0 Å². The second-order valence-corrected chi connectivity index (χ2v) is 5.39. The molecule has 0 saturated carbocycles. The minimum absolute atomic E-state index is 0.297. The van der Waals surface area contributed by atoms with Gasteiger partial charge in [0.1, 0.15) is 0 Å². The van der Waals surface area contributed by atoms with Crippen LogP contribution in [-0.4, -0.2) is 40.9 Å². The number of carbonyl (C=O) groups excluding carboxylic acids is 1. The van der Waals surface area contributed by atoms with E-state index in [4.69, 9.17) is 0 Å². The van der Waals surface area contributed by atoms with Crippen LogP contribution in [-0.2, 0) is 11.2 Å². The van der Waals surface area contributed by atoms with Gasteiger partial charge >= 0.3 is 5.91 Å². The van der Waals surface area contributed by atoms with E-state index in [1.165, 1.54) is 17.8 Å². The fourth-order valence-electron chi connectivity index (χ4n) is 3.11. The predicted octanol–water partition coefficient (Wildman–Crippen LogP) is 2.06. The van der Waals surface area contributed by atoms with E-state index in [9.17, 15) is 4.79 Å². The number of hydrogen-bond donors (Lipinski definition) is 0. The highest BCUT2D eigenvalue weighted by molar-refractivity contribution is 5.96. The summed E-state index contributed by atoms with van der Waals surface area (Å²) in [6.07, 6.45) is 4.88. The van der Waals surface area contributed by atoms with Crippen LogP contribution >= 0.6 is 0 Å². The molecule has 2 aliphatic rings. The molecular weight excluding hydrogens is 236 g/mol. The van der Waals surface area contributed by atoms with Gasteiger partial charge in [-0.2, -0.15) is 0 Å². The van der Waals surface area contributed by atoms with Crippen LogP contribution in [0.25, 0.3) is 0 Å². The standard InChI is InChI=1S/C16H21N2O/c19-16(10-9-14-6-2-1-3-7-14)18-13-5-12-17-11-4-8-15(17)18/h1-3,6-7H,4-5,8-13H2/q+1. The molecule has 100 valence electrons. The van der Waals surface area contributed by atoms with Crippen LogP contribution in [0.15, 0.2) is 30.3 Å². The van der Waals surface area contributed by atoms with Crippen LogP contribution in [0.4, 0.5) is 0 Å². The minimum Gasteiger partial charge on any atom is -0.265 e. The number of benzene rings is 1. The van der Waals surface area contributed by atoms with Gasteiger partial charge in [0.25, 0.3) is 5.84 Å². The fourth-order valence-corrected chi connectivity index (χ4v) is 3.11. The molecule has 3 heteroatoms. The first-order valence-electron chi connectivity index (χ1n) is 7.29. The van der Waals surface area contributed by atoms with Crippen molar-refractivity contribution in [1.82, 2.24) is 4.90 Å². The summed E-state index contributed by atoms with van der Waals surface area (Å²) in [5.74, 6) is 1.58. The lowest BCUT2D eigenvalue weighted by atomic mass is 10.1. The van der Waals surface area contributed by atoms with Gasteiger partial charge in [-0.05, 0) is 18.4 Å². The third kappa shape index (κ3) is 2.70. The van der Waals surface area contributed by atoms with E-state index in [1.54, 1.807) is 0 Å². The Hall–Kier alpha value is -1.64. The lowest BCUT2D eigenvalue weighted by Gasteiger charge is -2.21. The molecule has 2 heterocycles. The summed E-state index contributed by atoms with van der Waals surface area (Å²) in [5.41, 5.74) is 1.25. The van der Waals surface area contributed by atoms with E-state index in [-0.39, 0.29) is 0 Å². The zero-order valence-electron chi connectivity index (χ0n) is 11.3. The van der Waals surface area contributed by atoms with Gasteiger partial charge in [-0.1, -0.05) is 30.3 Å². The van der Waals surface area contributed by atoms with Crippen molar-refractivity contribution < 1.29 is 9.37 Å². The van der Waals surface area contributed by atoms with E-state index < -0.39 is 0 Å². The van der Waals surface area contributed by atoms with E-state index in [0.717, 1.165) is 38.9 Å². The van der Waals surface area contributed by atoms with Crippen LogP contribution in [0.3, 0.4) is 0 Å². The van der Waals surface area contributed by atoms with Crippen molar-refractivity contribution in [3.63, 3.8) is 0 Å². The van der Waals surface area contributed by atoms with Gasteiger partial charge in [0.05, 0.1) is 32.5 Å². The smallest absolute Gasteiger partial charge is 0.265 e. The third-order valence-corrected chi connectivity index (χ3v) is 4.09. The van der Waals surface area contributed by atoms with Crippen molar-refractivity contribution >= 4 is 11.7 Å². The van der Waals surface area contributed by atoms with Crippen LogP contribution in [0.2, 0.25) is 0 Å². The lowest BCUT2D eigenvalue weighted by molar-refractivity contribution is -0.529. The molecule has 1 aromatic rings. The van der Waals surface area contributed by atoms with Crippen LogP contribution in [0, 0.1) is 0 Å². The number of rotatable bonds is 3. The summed E-state index contributed by atoms with van der Waals surface area (Å²) in [5, 5.41) is 0. The maximum Gasteiger partial charge on any atom is 0.309 e. The molecule has 1 amide bonds. The van der Waals surface area contributed by atoms with Crippen molar-refractivity contribution in [3.8, 4) is 0 Å². The van der Waals surface area contributed by atoms with Crippen molar-refractivity contribution in [2.75, 3.05) is 19.6 Å². The lowest BCUT2D eigenvalue weighted by Crippen LogP contribution is -2.45. The molecular formula is C16H21N2O+. The van der Waals surface area contributed by atoms with Gasteiger partial charge in [-0.3, -0.25) is 4.58 Å². The Labute approximate surface area is 114 Å². The second-order valence-electron chi connectivity index (χ2n) is 5.39. The average molecular weight is 257 g/mol. The maximum atomic E-state index is 12.4. The Morgan fingerprint density at radius 2 is 1.95 bits per heavy atom. The molecule has 2 aliphatic heterocycles. The number of aryl methyl sites for hydroxylation is 1. The molecule has 0 radical (unpaired) electrons. The minimum atomic E-state index is 0.297. The number of nitrogens with zero attached hydrogens (tertiary/aromatic N) is 2. The number of amides is 1. The van der Waals surface area contributed by atoms with Gasteiger partial charge in [-0.15, -0.1) is 0 Å². The Kier molecular flexibility index (Phi) is 3.62. The van der Waals surface area contributed by atoms with Crippen molar-refractivity contribution in [1.29, 1.82) is 0 Å². The summed E-state index contributed by atoms with van der Waals surface area (Å²) in [7, 11) is 0. The van der Waals surface area contributed by atoms with E-state index in [1.807, 2.05) is 23.1 Å².